The second-order valence-electron chi connectivity index (χ2n) is 3.49. The highest BCUT2D eigenvalue weighted by Gasteiger charge is 1.98. The van der Waals surface area contributed by atoms with Crippen molar-refractivity contribution >= 4 is 22.2 Å². The van der Waals surface area contributed by atoms with E-state index in [1.54, 1.807) is 9.57 Å². The summed E-state index contributed by atoms with van der Waals surface area (Å²) in [4.78, 5) is 22.5. The number of hydrogen-bond donors (Lipinski definition) is 0. The molecule has 0 saturated heterocycles. The van der Waals surface area contributed by atoms with Crippen LogP contribution in [0, 0.1) is 0 Å². The van der Waals surface area contributed by atoms with Gasteiger partial charge in [0, 0.05) is 19.6 Å². The van der Waals surface area contributed by atoms with Crippen LogP contribution < -0.4 is 0 Å². The molecule has 1 atom stereocenters. The van der Waals surface area contributed by atoms with E-state index in [4.69, 9.17) is 0 Å². The molecule has 4 nitrogen and oxygen atoms in total. The number of carbonyl (C=O) groups excluding carboxylic acids is 2. The van der Waals surface area contributed by atoms with E-state index in [1.807, 2.05) is 6.92 Å². The van der Waals surface area contributed by atoms with Crippen LogP contribution in [0.15, 0.2) is 0 Å². The lowest BCUT2D eigenvalue weighted by atomic mass is 10.2. The van der Waals surface area contributed by atoms with E-state index < -0.39 is 0 Å². The molecule has 0 aliphatic carbocycles. The highest BCUT2D eigenvalue weighted by molar-refractivity contribution is 7.14. The number of hydrogen-bond acceptors (Lipinski definition) is 2. The Hall–Kier alpha value is -0.630. The summed E-state index contributed by atoms with van der Waals surface area (Å²) >= 11 is 0. The SMILES string of the molecule is CCN(C=O)CCCCCCN(P)C=O. The summed E-state index contributed by atoms with van der Waals surface area (Å²) in [6, 6.07) is 0. The summed E-state index contributed by atoms with van der Waals surface area (Å²) in [5.74, 6) is 0. The van der Waals surface area contributed by atoms with E-state index in [9.17, 15) is 9.59 Å². The first-order chi connectivity index (χ1) is 7.24. The van der Waals surface area contributed by atoms with E-state index in [0.717, 1.165) is 58.1 Å². The zero-order chi connectivity index (χ0) is 11.5. The monoisotopic (exact) mass is 232 g/mol. The predicted octanol–water partition coefficient (Wildman–Crippen LogP) is 1.27. The van der Waals surface area contributed by atoms with Gasteiger partial charge in [0.1, 0.15) is 0 Å². The lowest BCUT2D eigenvalue weighted by Crippen LogP contribution is -2.22. The van der Waals surface area contributed by atoms with Crippen LogP contribution in [0.5, 0.6) is 0 Å². The van der Waals surface area contributed by atoms with Gasteiger partial charge in [-0.25, -0.2) is 0 Å². The fraction of sp³-hybridized carbons (Fsp3) is 0.800. The maximum absolute atomic E-state index is 10.5. The second-order valence-corrected chi connectivity index (χ2v) is 4.15. The Balaban J connectivity index is 3.24. The highest BCUT2D eigenvalue weighted by atomic mass is 31.0. The molecule has 0 fully saturated rings. The summed E-state index contributed by atoms with van der Waals surface area (Å²) in [5.41, 5.74) is 0. The van der Waals surface area contributed by atoms with Crippen molar-refractivity contribution in [2.45, 2.75) is 32.6 Å². The van der Waals surface area contributed by atoms with E-state index >= 15 is 0 Å². The van der Waals surface area contributed by atoms with Crippen LogP contribution in [0.2, 0.25) is 0 Å². The van der Waals surface area contributed by atoms with Gasteiger partial charge in [-0.3, -0.25) is 9.59 Å². The summed E-state index contributed by atoms with van der Waals surface area (Å²) in [7, 11) is 2.37. The van der Waals surface area contributed by atoms with E-state index in [1.165, 1.54) is 0 Å². The number of unbranched alkanes of at least 4 members (excludes halogenated alkanes) is 3. The topological polar surface area (TPSA) is 40.6 Å². The summed E-state index contributed by atoms with van der Waals surface area (Å²) in [5, 5.41) is 0. The molecule has 2 amide bonds. The third-order valence-electron chi connectivity index (χ3n) is 2.30. The van der Waals surface area contributed by atoms with Crippen molar-refractivity contribution in [2.75, 3.05) is 19.6 Å². The minimum atomic E-state index is 0.786. The second kappa shape index (κ2) is 9.91. The van der Waals surface area contributed by atoms with Gasteiger partial charge in [0.05, 0.1) is 0 Å². The molecule has 0 rings (SSSR count). The van der Waals surface area contributed by atoms with Crippen LogP contribution in [-0.2, 0) is 9.59 Å². The van der Waals surface area contributed by atoms with Gasteiger partial charge in [0.25, 0.3) is 0 Å². The highest BCUT2D eigenvalue weighted by Crippen LogP contribution is 2.04. The third kappa shape index (κ3) is 8.37. The smallest absolute Gasteiger partial charge is 0.212 e. The van der Waals surface area contributed by atoms with Gasteiger partial charge in [-0.15, -0.1) is 0 Å². The number of rotatable bonds is 10. The van der Waals surface area contributed by atoms with Gasteiger partial charge >= 0.3 is 0 Å². The molecular formula is C10H21N2O2P. The average Bonchev–Trinajstić information content (AvgIpc) is 2.28. The van der Waals surface area contributed by atoms with Crippen LogP contribution >= 0.6 is 9.39 Å². The van der Waals surface area contributed by atoms with Crippen molar-refractivity contribution in [1.82, 2.24) is 9.57 Å². The molecule has 0 radical (unpaired) electrons. The Kier molecular flexibility index (Phi) is 9.49. The predicted molar refractivity (Wildman–Crippen MR) is 64.3 cm³/mol. The molecule has 0 spiro atoms. The molecule has 0 aromatic carbocycles. The zero-order valence-electron chi connectivity index (χ0n) is 9.39. The lowest BCUT2D eigenvalue weighted by molar-refractivity contribution is -0.118. The molecule has 0 saturated carbocycles. The van der Waals surface area contributed by atoms with Gasteiger partial charge in [-0.2, -0.15) is 0 Å². The first kappa shape index (κ1) is 14.4. The quantitative estimate of drug-likeness (QED) is 0.323. The number of nitrogens with zero attached hydrogens (tertiary/aromatic N) is 2. The number of carbonyl (C=O) groups is 2. The normalized spacial score (nSPS) is 9.73. The van der Waals surface area contributed by atoms with Crippen LogP contribution in [0.4, 0.5) is 0 Å². The van der Waals surface area contributed by atoms with E-state index in [-0.39, 0.29) is 0 Å². The number of amides is 2. The Morgan fingerprint density at radius 3 is 2.07 bits per heavy atom. The molecule has 0 heterocycles. The van der Waals surface area contributed by atoms with Crippen molar-refractivity contribution in [2.24, 2.45) is 0 Å². The molecule has 0 N–H and O–H groups in total. The van der Waals surface area contributed by atoms with Crippen LogP contribution in [0.1, 0.15) is 32.6 Å². The van der Waals surface area contributed by atoms with E-state index in [0.29, 0.717) is 0 Å². The van der Waals surface area contributed by atoms with Crippen molar-refractivity contribution in [3.05, 3.63) is 0 Å². The Morgan fingerprint density at radius 2 is 1.60 bits per heavy atom. The third-order valence-corrected chi connectivity index (χ3v) is 2.68. The Labute approximate surface area is 94.3 Å². The maximum Gasteiger partial charge on any atom is 0.212 e. The van der Waals surface area contributed by atoms with E-state index in [2.05, 4.69) is 9.39 Å². The summed E-state index contributed by atoms with van der Waals surface area (Å²) in [6.45, 7) is 4.40. The largest absolute Gasteiger partial charge is 0.346 e. The van der Waals surface area contributed by atoms with Crippen LogP contribution in [0.3, 0.4) is 0 Å². The molecule has 5 heteroatoms. The van der Waals surface area contributed by atoms with Crippen molar-refractivity contribution in [3.8, 4) is 0 Å². The van der Waals surface area contributed by atoms with Gasteiger partial charge in [0.2, 0.25) is 12.8 Å². The van der Waals surface area contributed by atoms with Crippen LogP contribution in [0.25, 0.3) is 0 Å². The van der Waals surface area contributed by atoms with Crippen molar-refractivity contribution < 1.29 is 9.59 Å². The first-order valence-corrected chi connectivity index (χ1v) is 5.92. The molecule has 88 valence electrons. The molecule has 15 heavy (non-hydrogen) atoms. The molecule has 1 unspecified atom stereocenters. The molecule has 0 aliphatic rings. The standard InChI is InChI=1S/C10H21N2O2P/c1-2-11(9-13)7-5-3-4-6-8-12(15)10-14/h9-10H,2-8,15H2,1H3. The Bertz CT molecular complexity index is 179. The van der Waals surface area contributed by atoms with Crippen LogP contribution in [-0.4, -0.2) is 42.0 Å². The lowest BCUT2D eigenvalue weighted by Gasteiger charge is -2.14. The summed E-state index contributed by atoms with van der Waals surface area (Å²) < 4.78 is 1.57. The average molecular weight is 232 g/mol. The Morgan fingerprint density at radius 1 is 1.00 bits per heavy atom. The molecule has 0 bridgehead atoms. The van der Waals surface area contributed by atoms with Gasteiger partial charge in [0.15, 0.2) is 0 Å². The minimum absolute atomic E-state index is 0.786. The molecule has 0 aromatic rings. The molecule has 0 aromatic heterocycles. The maximum atomic E-state index is 10.5. The van der Waals surface area contributed by atoms with Gasteiger partial charge in [-0.05, 0) is 29.2 Å². The fourth-order valence-electron chi connectivity index (χ4n) is 1.30. The zero-order valence-corrected chi connectivity index (χ0v) is 10.5. The molecular weight excluding hydrogens is 211 g/mol. The molecule has 0 aliphatic heterocycles. The van der Waals surface area contributed by atoms with Gasteiger partial charge in [-0.1, -0.05) is 12.8 Å². The van der Waals surface area contributed by atoms with Crippen molar-refractivity contribution in [1.29, 1.82) is 0 Å². The van der Waals surface area contributed by atoms with Gasteiger partial charge < -0.3 is 9.57 Å². The van der Waals surface area contributed by atoms with Crippen molar-refractivity contribution in [3.63, 3.8) is 0 Å². The minimum Gasteiger partial charge on any atom is -0.346 e. The first-order valence-electron chi connectivity index (χ1n) is 5.40. The fourth-order valence-corrected chi connectivity index (χ4v) is 1.48. The summed E-state index contributed by atoms with van der Waals surface area (Å²) in [6.07, 6.45) is 6.00.